The summed E-state index contributed by atoms with van der Waals surface area (Å²) in [7, 11) is 0. The van der Waals surface area contributed by atoms with E-state index in [1.54, 1.807) is 24.3 Å². The first-order valence-electron chi connectivity index (χ1n) is 14.6. The van der Waals surface area contributed by atoms with Crippen molar-refractivity contribution in [1.82, 2.24) is 0 Å². The summed E-state index contributed by atoms with van der Waals surface area (Å²) in [5.41, 5.74) is -0.366. The Hall–Kier alpha value is -2.74. The van der Waals surface area contributed by atoms with Crippen molar-refractivity contribution in [1.29, 1.82) is 0 Å². The summed E-state index contributed by atoms with van der Waals surface area (Å²) < 4.78 is 32.3. The standard InChI is InChI=1S/C33H38O7/c1-19-20(2)33-27(39-33)25-24(31(33,5)26(19)37-29(35)23-14-10-7-11-15-23)21(3)32(38-25)17-16-30(4,40-32)18-36-28(34)22-12-8-6-9-13-22/h6-15,19-21,24-27H,16-18H2,1-5H3/t19?,20?,21-,24-,25+,26+,27+,30-,31-,32-,33+/m0/s1. The Morgan fingerprint density at radius 3 is 2.12 bits per heavy atom. The molecule has 3 saturated heterocycles. The molecule has 11 atom stereocenters. The Morgan fingerprint density at radius 2 is 1.48 bits per heavy atom. The molecule has 0 N–H and O–H groups in total. The summed E-state index contributed by atoms with van der Waals surface area (Å²) in [5, 5.41) is 0. The van der Waals surface area contributed by atoms with E-state index in [1.165, 1.54) is 0 Å². The van der Waals surface area contributed by atoms with Crippen molar-refractivity contribution < 1.29 is 33.3 Å². The molecular formula is C33H38O7. The van der Waals surface area contributed by atoms with E-state index in [4.69, 9.17) is 23.7 Å². The molecule has 3 heterocycles. The van der Waals surface area contributed by atoms with E-state index < -0.39 is 16.8 Å². The molecule has 7 rings (SSSR count). The van der Waals surface area contributed by atoms with Crippen molar-refractivity contribution >= 4 is 11.9 Å². The normalized spacial score (nSPS) is 46.1. The molecular weight excluding hydrogens is 508 g/mol. The second-order valence-electron chi connectivity index (χ2n) is 13.2. The van der Waals surface area contributed by atoms with Crippen LogP contribution < -0.4 is 0 Å². The van der Waals surface area contributed by atoms with Crippen LogP contribution >= 0.6 is 0 Å². The van der Waals surface area contributed by atoms with Gasteiger partial charge in [-0.2, -0.15) is 0 Å². The van der Waals surface area contributed by atoms with E-state index in [9.17, 15) is 9.59 Å². The number of esters is 2. The van der Waals surface area contributed by atoms with Crippen LogP contribution in [0.15, 0.2) is 60.7 Å². The van der Waals surface area contributed by atoms with Gasteiger partial charge in [-0.3, -0.25) is 0 Å². The highest BCUT2D eigenvalue weighted by Crippen LogP contribution is 2.79. The maximum atomic E-state index is 13.3. The highest BCUT2D eigenvalue weighted by atomic mass is 16.7. The average Bonchev–Trinajstić information content (AvgIpc) is 3.43. The van der Waals surface area contributed by atoms with Gasteiger partial charge in [-0.25, -0.2) is 9.59 Å². The van der Waals surface area contributed by atoms with Crippen LogP contribution in [-0.4, -0.2) is 53.8 Å². The third kappa shape index (κ3) is 3.34. The SMILES string of the molecule is CC1C(C)[C@@]23O[C@@H]2[C@@H]2O[C@]4(CC[C@@](C)(COC(=O)c5ccccc5)O4)[C@@H](C)[C@@H]2[C@@]3(C)[C@@H]1OC(=O)c1ccccc1. The van der Waals surface area contributed by atoms with Gasteiger partial charge in [0.15, 0.2) is 5.79 Å². The van der Waals surface area contributed by atoms with Gasteiger partial charge in [-0.15, -0.1) is 0 Å². The average molecular weight is 547 g/mol. The monoisotopic (exact) mass is 546 g/mol. The highest BCUT2D eigenvalue weighted by Gasteiger charge is 2.90. The second kappa shape index (κ2) is 8.63. The van der Waals surface area contributed by atoms with E-state index in [-0.39, 0.29) is 66.1 Å². The first kappa shape index (κ1) is 26.2. The number of fused-ring (bicyclic) bond motifs is 3. The fourth-order valence-corrected chi connectivity index (χ4v) is 9.05. The van der Waals surface area contributed by atoms with Gasteiger partial charge >= 0.3 is 11.9 Å². The molecule has 2 aliphatic carbocycles. The molecule has 7 nitrogen and oxygen atoms in total. The molecule has 40 heavy (non-hydrogen) atoms. The lowest BCUT2D eigenvalue weighted by atomic mass is 9.66. The van der Waals surface area contributed by atoms with Crippen LogP contribution in [0.1, 0.15) is 68.2 Å². The maximum Gasteiger partial charge on any atom is 0.338 e. The third-order valence-electron chi connectivity index (χ3n) is 11.2. The molecule has 2 aromatic rings. The van der Waals surface area contributed by atoms with Gasteiger partial charge in [0.1, 0.15) is 30.0 Å². The largest absolute Gasteiger partial charge is 0.459 e. The summed E-state index contributed by atoms with van der Waals surface area (Å²) >= 11 is 0. The molecule has 212 valence electrons. The predicted molar refractivity (Wildman–Crippen MR) is 145 cm³/mol. The van der Waals surface area contributed by atoms with Crippen LogP contribution in [-0.2, 0) is 23.7 Å². The van der Waals surface area contributed by atoms with Crippen LogP contribution in [0.4, 0.5) is 0 Å². The number of epoxide rings is 1. The first-order valence-corrected chi connectivity index (χ1v) is 14.6. The lowest BCUT2D eigenvalue weighted by molar-refractivity contribution is -0.260. The zero-order chi connectivity index (χ0) is 28.1. The lowest BCUT2D eigenvalue weighted by Crippen LogP contribution is -2.50. The van der Waals surface area contributed by atoms with E-state index in [0.29, 0.717) is 24.0 Å². The Bertz CT molecular complexity index is 1330. The van der Waals surface area contributed by atoms with Crippen molar-refractivity contribution in [3.05, 3.63) is 71.8 Å². The fraction of sp³-hybridized carbons (Fsp3) is 0.576. The zero-order valence-electron chi connectivity index (χ0n) is 23.8. The maximum absolute atomic E-state index is 13.3. The molecule has 2 aromatic carbocycles. The topological polar surface area (TPSA) is 83.6 Å². The molecule has 5 fully saturated rings. The Balaban J connectivity index is 1.13. The fourth-order valence-electron chi connectivity index (χ4n) is 9.05. The molecule has 2 spiro atoms. The van der Waals surface area contributed by atoms with Crippen LogP contribution in [0.2, 0.25) is 0 Å². The number of carbonyl (C=O) groups excluding carboxylic acids is 2. The van der Waals surface area contributed by atoms with Crippen LogP contribution in [0.5, 0.6) is 0 Å². The molecule has 3 aliphatic heterocycles. The van der Waals surface area contributed by atoms with Gasteiger partial charge in [0.25, 0.3) is 0 Å². The third-order valence-corrected chi connectivity index (χ3v) is 11.2. The minimum absolute atomic E-state index is 0.0397. The minimum atomic E-state index is -0.798. The molecule has 2 saturated carbocycles. The summed E-state index contributed by atoms with van der Waals surface area (Å²) in [6.45, 7) is 11.0. The Morgan fingerprint density at radius 1 is 0.850 bits per heavy atom. The minimum Gasteiger partial charge on any atom is -0.459 e. The summed E-state index contributed by atoms with van der Waals surface area (Å²) in [6, 6.07) is 18.2. The van der Waals surface area contributed by atoms with E-state index in [2.05, 4.69) is 27.7 Å². The van der Waals surface area contributed by atoms with Gasteiger partial charge < -0.3 is 23.7 Å². The van der Waals surface area contributed by atoms with Crippen molar-refractivity contribution in [2.75, 3.05) is 6.61 Å². The van der Waals surface area contributed by atoms with Gasteiger partial charge in [0, 0.05) is 23.7 Å². The van der Waals surface area contributed by atoms with Gasteiger partial charge in [-0.05, 0) is 49.4 Å². The van der Waals surface area contributed by atoms with Crippen LogP contribution in [0.25, 0.3) is 0 Å². The van der Waals surface area contributed by atoms with Gasteiger partial charge in [-0.1, -0.05) is 64.1 Å². The molecule has 0 bridgehead atoms. The second-order valence-corrected chi connectivity index (χ2v) is 13.2. The molecule has 0 amide bonds. The van der Waals surface area contributed by atoms with Gasteiger partial charge in [0.05, 0.1) is 17.2 Å². The summed E-state index contributed by atoms with van der Waals surface area (Å²) in [6.07, 6.45) is 0.924. The van der Waals surface area contributed by atoms with E-state index in [0.717, 1.165) is 0 Å². The summed E-state index contributed by atoms with van der Waals surface area (Å²) in [5.74, 6) is -0.952. The number of carbonyl (C=O) groups is 2. The quantitative estimate of drug-likeness (QED) is 0.365. The number of hydrogen-bond acceptors (Lipinski definition) is 7. The van der Waals surface area contributed by atoms with Gasteiger partial charge in [0.2, 0.25) is 0 Å². The smallest absolute Gasteiger partial charge is 0.338 e. The Kier molecular flexibility index (Phi) is 5.65. The number of benzene rings is 2. The highest BCUT2D eigenvalue weighted by molar-refractivity contribution is 5.90. The van der Waals surface area contributed by atoms with Crippen molar-refractivity contribution in [2.45, 2.75) is 82.8 Å². The number of hydrogen-bond donors (Lipinski definition) is 0. The lowest BCUT2D eigenvalue weighted by Gasteiger charge is -2.42. The van der Waals surface area contributed by atoms with Crippen molar-refractivity contribution in [2.24, 2.45) is 29.1 Å². The molecule has 2 unspecified atom stereocenters. The van der Waals surface area contributed by atoms with Crippen molar-refractivity contribution in [3.8, 4) is 0 Å². The van der Waals surface area contributed by atoms with E-state index >= 15 is 0 Å². The number of ether oxygens (including phenoxy) is 5. The zero-order valence-corrected chi connectivity index (χ0v) is 23.8. The first-order chi connectivity index (χ1) is 19.1. The molecule has 5 aliphatic rings. The van der Waals surface area contributed by atoms with E-state index in [1.807, 2.05) is 43.3 Å². The molecule has 0 aromatic heterocycles. The van der Waals surface area contributed by atoms with Crippen LogP contribution in [0.3, 0.4) is 0 Å². The summed E-state index contributed by atoms with van der Waals surface area (Å²) in [4.78, 5) is 25.9. The Labute approximate surface area is 235 Å². The molecule has 0 radical (unpaired) electrons. The molecule has 7 heteroatoms. The number of rotatable bonds is 5. The van der Waals surface area contributed by atoms with Crippen molar-refractivity contribution in [3.63, 3.8) is 0 Å². The predicted octanol–water partition coefficient (Wildman–Crippen LogP) is 5.43. The van der Waals surface area contributed by atoms with Crippen LogP contribution in [0, 0.1) is 29.1 Å².